The Hall–Kier alpha value is -0.532. The maximum atomic E-state index is 5.37. The van der Waals surface area contributed by atoms with E-state index in [0.717, 1.165) is 63.5 Å². The van der Waals surface area contributed by atoms with Crippen LogP contribution in [0.3, 0.4) is 0 Å². The zero-order chi connectivity index (χ0) is 36.5. The molecule has 2 aliphatic rings. The fourth-order valence-corrected chi connectivity index (χ4v) is 4.02. The SMILES string of the molecule is C(=C=[C-]c1ccccc1)=[C-]c1ccccc1.C1COCCOCC[N-]CCOCCOCC[N-]1.C1COCCOCC[N-]CCOCCOCC[N-]1.[Y+3].[Y+3]. The number of nitrogens with zero attached hydrogens (tertiary/aromatic N) is 4. The molecule has 292 valence electrons. The molecule has 2 fully saturated rings. The quantitative estimate of drug-likeness (QED) is 0.298. The fourth-order valence-electron chi connectivity index (χ4n) is 4.02. The first-order chi connectivity index (χ1) is 25.9. The van der Waals surface area contributed by atoms with Gasteiger partial charge < -0.3 is 59.2 Å². The van der Waals surface area contributed by atoms with Crippen molar-refractivity contribution >= 4 is 0 Å². The van der Waals surface area contributed by atoms with E-state index in [9.17, 15) is 0 Å². The minimum Gasteiger partial charge on any atom is -0.659 e. The van der Waals surface area contributed by atoms with Crippen LogP contribution in [0.1, 0.15) is 11.1 Å². The number of rotatable bonds is 2. The molecule has 2 aromatic carbocycles. The van der Waals surface area contributed by atoms with Gasteiger partial charge in [0.2, 0.25) is 0 Å². The molecule has 4 rings (SSSR count). The summed E-state index contributed by atoms with van der Waals surface area (Å²) in [6.07, 6.45) is 5.98. The molecule has 0 N–H and O–H groups in total. The van der Waals surface area contributed by atoms with Crippen molar-refractivity contribution in [2.45, 2.75) is 0 Å². The second kappa shape index (κ2) is 45.2. The zero-order valence-corrected chi connectivity index (χ0v) is 37.6. The third kappa shape index (κ3) is 38.3. The fraction of sp³-hybridized carbons (Fsp3) is 0.600. The van der Waals surface area contributed by atoms with E-state index in [1.54, 1.807) is 0 Å². The summed E-state index contributed by atoms with van der Waals surface area (Å²) in [7, 11) is 0. The topological polar surface area (TPSA) is 130 Å². The van der Waals surface area contributed by atoms with E-state index < -0.39 is 0 Å². The van der Waals surface area contributed by atoms with Crippen LogP contribution in [0, 0.1) is 12.2 Å². The number of ether oxygens (including phenoxy) is 8. The Morgan fingerprint density at radius 1 is 0.315 bits per heavy atom. The average molecular weight is 901 g/mol. The van der Waals surface area contributed by atoms with Gasteiger partial charge in [-0.15, -0.1) is 113 Å². The first-order valence-corrected chi connectivity index (χ1v) is 18.2. The minimum absolute atomic E-state index is 0. The van der Waals surface area contributed by atoms with Crippen LogP contribution in [-0.2, 0) is 103 Å². The molecule has 14 heteroatoms. The minimum atomic E-state index is 0. The largest absolute Gasteiger partial charge is 3.00 e. The summed E-state index contributed by atoms with van der Waals surface area (Å²) in [6.45, 7) is 15.9. The number of hydrogen-bond acceptors (Lipinski definition) is 8. The Balaban J connectivity index is 0.000000767. The smallest absolute Gasteiger partial charge is 0.659 e. The molecule has 0 amide bonds. The van der Waals surface area contributed by atoms with Crippen molar-refractivity contribution in [3.05, 3.63) is 117 Å². The molecule has 12 nitrogen and oxygen atoms in total. The van der Waals surface area contributed by atoms with Crippen LogP contribution < -0.4 is 0 Å². The van der Waals surface area contributed by atoms with Gasteiger partial charge in [0.1, 0.15) is 0 Å². The first kappa shape index (κ1) is 53.5. The van der Waals surface area contributed by atoms with E-state index in [1.165, 1.54) is 0 Å². The summed E-state index contributed by atoms with van der Waals surface area (Å²) in [5.74, 6) is 0. The van der Waals surface area contributed by atoms with Crippen LogP contribution in [0.25, 0.3) is 21.3 Å². The van der Waals surface area contributed by atoms with Crippen LogP contribution in [0.2, 0.25) is 0 Å². The maximum absolute atomic E-state index is 5.37. The van der Waals surface area contributed by atoms with Crippen molar-refractivity contribution in [3.63, 3.8) is 0 Å². The Bertz CT molecular complexity index is 894. The third-order valence-corrected chi connectivity index (χ3v) is 6.66. The molecule has 54 heavy (non-hydrogen) atoms. The third-order valence-electron chi connectivity index (χ3n) is 6.66. The average Bonchev–Trinajstić information content (AvgIpc) is 3.18. The second-order valence-corrected chi connectivity index (χ2v) is 10.8. The zero-order valence-electron chi connectivity index (χ0n) is 32.0. The Morgan fingerprint density at radius 2 is 0.519 bits per heavy atom. The van der Waals surface area contributed by atoms with Gasteiger partial charge in [-0.1, -0.05) is 12.1 Å². The first-order valence-electron chi connectivity index (χ1n) is 18.2. The van der Waals surface area contributed by atoms with Gasteiger partial charge in [-0.05, 0) is 0 Å². The van der Waals surface area contributed by atoms with Crippen LogP contribution in [0.15, 0.2) is 72.1 Å². The van der Waals surface area contributed by atoms with Crippen LogP contribution in [-0.4, -0.2) is 158 Å². The molecule has 0 atom stereocenters. The molecule has 0 radical (unpaired) electrons. The van der Waals surface area contributed by atoms with E-state index >= 15 is 0 Å². The van der Waals surface area contributed by atoms with Crippen LogP contribution in [0.5, 0.6) is 0 Å². The maximum Gasteiger partial charge on any atom is 3.00 e. The molecule has 0 saturated carbocycles. The molecule has 2 heterocycles. The van der Waals surface area contributed by atoms with Gasteiger partial charge in [-0.2, -0.15) is 11.1 Å². The standard InChI is InChI=1S/C16H10.2C12H24N2O4.2Y/c1-3-9-15(10-4-1)13-7-8-14-16-11-5-2-6-12-16;2*1-5-15-9-10-17-7-3-14-4-8-18-12-11-16-6-2-13-1;;/h1-6,9-12H;2*1-12H2;;/q3*-2;2*+3. The van der Waals surface area contributed by atoms with E-state index in [0.29, 0.717) is 106 Å². The summed E-state index contributed by atoms with van der Waals surface area (Å²) < 4.78 is 43.0. The molecular weight excluding hydrogens is 842 g/mol. The summed E-state index contributed by atoms with van der Waals surface area (Å²) in [5.41, 5.74) is 7.66. The van der Waals surface area contributed by atoms with E-state index in [4.69, 9.17) is 37.9 Å². The second-order valence-electron chi connectivity index (χ2n) is 10.8. The predicted molar refractivity (Wildman–Crippen MR) is 204 cm³/mol. The normalized spacial score (nSPS) is 18.6. The van der Waals surface area contributed by atoms with Crippen molar-refractivity contribution in [3.8, 4) is 0 Å². The Morgan fingerprint density at radius 3 is 0.722 bits per heavy atom. The van der Waals surface area contributed by atoms with Crippen molar-refractivity contribution in [1.29, 1.82) is 0 Å². The van der Waals surface area contributed by atoms with E-state index in [2.05, 4.69) is 44.9 Å². The monoisotopic (exact) mass is 900 g/mol. The molecule has 2 saturated heterocycles. The molecule has 0 aromatic heterocycles. The number of benzene rings is 2. The van der Waals surface area contributed by atoms with Crippen LogP contribution in [0.4, 0.5) is 0 Å². The molecule has 0 aliphatic carbocycles. The molecule has 0 bridgehead atoms. The molecule has 0 spiro atoms. The molecule has 2 aliphatic heterocycles. The van der Waals surface area contributed by atoms with Gasteiger partial charge in [0.25, 0.3) is 0 Å². The van der Waals surface area contributed by atoms with Gasteiger partial charge in [-0.25, -0.2) is 0 Å². The molecular formula is C40H58N4O8Y2. The molecule has 2 aromatic rings. The van der Waals surface area contributed by atoms with E-state index in [1.807, 2.05) is 60.7 Å². The van der Waals surface area contributed by atoms with Gasteiger partial charge in [0.05, 0.1) is 52.9 Å². The summed E-state index contributed by atoms with van der Waals surface area (Å²) in [6, 6.07) is 19.7. The van der Waals surface area contributed by atoms with Gasteiger partial charge in [0, 0.05) is 52.9 Å². The van der Waals surface area contributed by atoms with Crippen molar-refractivity contribution in [2.75, 3.05) is 158 Å². The molecule has 0 unspecified atom stereocenters. The van der Waals surface area contributed by atoms with Crippen molar-refractivity contribution < 1.29 is 103 Å². The summed E-state index contributed by atoms with van der Waals surface area (Å²) >= 11 is 0. The van der Waals surface area contributed by atoms with Crippen LogP contribution >= 0.6 is 0 Å². The van der Waals surface area contributed by atoms with Gasteiger partial charge in [0.15, 0.2) is 0 Å². The van der Waals surface area contributed by atoms with Gasteiger partial charge in [-0.3, -0.25) is 11.5 Å². The summed E-state index contributed by atoms with van der Waals surface area (Å²) in [5, 5.41) is 17.2. The van der Waals surface area contributed by atoms with Crippen molar-refractivity contribution in [2.24, 2.45) is 0 Å². The number of hydrogen-bond donors (Lipinski definition) is 0. The Labute approximate surface area is 375 Å². The van der Waals surface area contributed by atoms with Gasteiger partial charge >= 0.3 is 65.4 Å². The van der Waals surface area contributed by atoms with Crippen molar-refractivity contribution in [1.82, 2.24) is 0 Å². The Kier molecular flexibility index (Phi) is 44.7. The van der Waals surface area contributed by atoms with E-state index in [-0.39, 0.29) is 65.4 Å². The summed E-state index contributed by atoms with van der Waals surface area (Å²) in [4.78, 5) is 0. The predicted octanol–water partition coefficient (Wildman–Crippen LogP) is 5.18.